The Labute approximate surface area is 602 Å². The number of fused-ring (bicyclic) bond motifs is 2. The van der Waals surface area contributed by atoms with Gasteiger partial charge in [-0.25, -0.2) is 4.79 Å². The summed E-state index contributed by atoms with van der Waals surface area (Å²) in [6, 6.07) is 0.228. The molecule has 2 heterocycles. The Morgan fingerprint density at radius 3 is 1.16 bits per heavy atom. The van der Waals surface area contributed by atoms with Gasteiger partial charge in [0.25, 0.3) is 0 Å². The van der Waals surface area contributed by atoms with Gasteiger partial charge < -0.3 is 117 Å². The lowest BCUT2D eigenvalue weighted by molar-refractivity contribution is -0.144. The van der Waals surface area contributed by atoms with Gasteiger partial charge in [-0.2, -0.15) is 0 Å². The van der Waals surface area contributed by atoms with Crippen molar-refractivity contribution in [1.82, 2.24) is 63.1 Å². The first-order chi connectivity index (χ1) is 50.1. The van der Waals surface area contributed by atoms with Gasteiger partial charge in [-0.15, -0.1) is 0 Å². The van der Waals surface area contributed by atoms with Gasteiger partial charge in [-0.3, -0.25) is 76.7 Å². The molecule has 0 bridgehead atoms. The highest BCUT2D eigenvalue weighted by atomic mass is 16.4. The number of hydrogen-bond acceptors (Lipinski definition) is 20. The third-order valence-corrected chi connectivity index (χ3v) is 16.4. The largest absolute Gasteiger partial charge is 0.481 e. The molecular weight excluding hydrogens is 1400 g/mol. The van der Waals surface area contributed by atoms with Crippen LogP contribution in [0, 0.1) is 0 Å². The van der Waals surface area contributed by atoms with E-state index in [4.69, 9.17) is 22.9 Å². The number of carbonyl (C=O) groups excluding carboxylic acids is 12. The predicted octanol–water partition coefficient (Wildman–Crippen LogP) is -5.12. The maximum Gasteiger partial charge on any atom is 0.326 e. The molecule has 39 heteroatoms. The van der Waals surface area contributed by atoms with Crippen molar-refractivity contribution in [1.29, 1.82) is 0 Å². The number of amides is 12. The van der Waals surface area contributed by atoms with Crippen molar-refractivity contribution < 1.29 is 112 Å². The number of benzene rings is 3. The molecule has 0 unspecified atom stereocenters. The monoisotopic (exact) mass is 1480 g/mol. The molecule has 0 aliphatic heterocycles. The van der Waals surface area contributed by atoms with E-state index in [0.717, 1.165) is 6.92 Å². The number of aliphatic carboxylic acids is 5. The van der Waals surface area contributed by atoms with E-state index in [1.54, 1.807) is 78.9 Å². The van der Waals surface area contributed by atoms with E-state index in [9.17, 15) is 112 Å². The van der Waals surface area contributed by atoms with Crippen LogP contribution in [0.4, 0.5) is 0 Å². The first-order valence-electron chi connectivity index (χ1n) is 33.1. The molecule has 12 amide bonds. The molecule has 2 aromatic heterocycles. The Hall–Kier alpha value is -12.4. The molecule has 3 aromatic carbocycles. The summed E-state index contributed by atoms with van der Waals surface area (Å²) in [7, 11) is 0. The van der Waals surface area contributed by atoms with E-state index in [1.165, 1.54) is 12.4 Å². The van der Waals surface area contributed by atoms with Gasteiger partial charge in [0.1, 0.15) is 60.4 Å². The minimum atomic E-state index is -2.31. The van der Waals surface area contributed by atoms with E-state index in [2.05, 4.69) is 52.5 Å². The summed E-state index contributed by atoms with van der Waals surface area (Å²) in [5, 5.41) is 83.3. The molecule has 0 aliphatic rings. The van der Waals surface area contributed by atoms with Gasteiger partial charge in [0.15, 0.2) is 0 Å². The second-order valence-electron chi connectivity index (χ2n) is 24.7. The number of aromatic nitrogens is 2. The number of rotatable bonds is 46. The third kappa shape index (κ3) is 27.1. The summed E-state index contributed by atoms with van der Waals surface area (Å²) in [4.78, 5) is 233. The van der Waals surface area contributed by atoms with E-state index < -0.39 is 238 Å². The number of H-pyrrole nitrogens is 2. The van der Waals surface area contributed by atoms with Crippen LogP contribution >= 0.6 is 0 Å². The molecule has 26 N–H and O–H groups in total. The van der Waals surface area contributed by atoms with Crippen LogP contribution < -0.4 is 76.1 Å². The fourth-order valence-corrected chi connectivity index (χ4v) is 10.9. The highest BCUT2D eigenvalue weighted by Crippen LogP contribution is 2.22. The highest BCUT2D eigenvalue weighted by Gasteiger charge is 2.39. The van der Waals surface area contributed by atoms with Crippen LogP contribution in [0.2, 0.25) is 0 Å². The number of nitrogens with two attached hydrogens (primary N) is 4. The van der Waals surface area contributed by atoms with Crippen molar-refractivity contribution in [3.8, 4) is 0 Å². The first kappa shape index (κ1) is 84.3. The number of aliphatic hydroxyl groups excluding tert-OH is 1. The molecule has 106 heavy (non-hydrogen) atoms. The normalized spacial score (nSPS) is 14.5. The van der Waals surface area contributed by atoms with Crippen LogP contribution in [0.5, 0.6) is 0 Å². The number of carboxylic acids is 5. The number of unbranched alkanes of at least 4 members (excludes halogenated alkanes) is 1. The zero-order chi connectivity index (χ0) is 78.5. The van der Waals surface area contributed by atoms with Gasteiger partial charge in [-0.1, -0.05) is 66.7 Å². The SMILES string of the molecule is C[C@@H](O)[C@H](NC(=O)[C@H](Cc1c[nH]c2ccccc12)NC(=O)[C@H](CC(N)=O)NC(=O)[C@H](CCC(=O)O)NC(=O)[C@H](Cc1c[nH]c2ccccc12)NC(=O)[C@H](CC(=O)O)NC(=O)[C@H](CC(=O)O)NC(=O)[C@H](CCC(N)=O)NC(=O)[C@H](CC(=O)O)NC(=O)[C@@H](N)Cc1ccccc1)C(=O)N[C@@H](CCCCN)C(=O)O. The van der Waals surface area contributed by atoms with E-state index in [1.807, 2.05) is 10.6 Å². The van der Waals surface area contributed by atoms with Gasteiger partial charge in [0, 0.05) is 59.9 Å². The maximum atomic E-state index is 14.8. The molecule has 0 aliphatic carbocycles. The third-order valence-electron chi connectivity index (χ3n) is 16.4. The number of aromatic amines is 2. The molecule has 39 nitrogen and oxygen atoms in total. The molecule has 5 rings (SSSR count). The minimum absolute atomic E-state index is 0.0739. The van der Waals surface area contributed by atoms with Crippen LogP contribution in [-0.2, 0) is 101 Å². The summed E-state index contributed by atoms with van der Waals surface area (Å²) in [6.45, 7) is 1.32. The maximum absolute atomic E-state index is 14.8. The zero-order valence-electron chi connectivity index (χ0n) is 57.1. The molecule has 0 spiro atoms. The average Bonchev–Trinajstić information content (AvgIpc) is 1.56. The van der Waals surface area contributed by atoms with E-state index in [0.29, 0.717) is 39.4 Å². The number of primary amides is 2. The highest BCUT2D eigenvalue weighted by molar-refractivity contribution is 6.02. The topological polar surface area (TPSA) is 668 Å². The number of nitrogens with one attached hydrogen (secondary N) is 12. The standard InChI is InChI=1S/C67H86N16O23/c1-32(84)56(66(104)76-43(67(105)106)17-9-10-22-68)83-65(103)45(25-35-31-73-40-16-8-6-14-37(35)40)79-61(99)46(26-51(71)86)80-59(97)42(19-21-52(87)88)75-60(98)44(24-34-30-72-39-15-7-5-13-36(34)39)78-63(101)49(29-55(93)94)82-64(102)48(28-54(91)92)81-58(96)41(18-20-50(70)85)74-62(100)47(27-53(89)90)77-57(95)38(69)23-33-11-3-2-4-12-33/h2-8,11-16,30-32,38,41-49,56,72-73,84H,9-10,17-29,68-69H2,1H3,(H2,70,85)(H2,71,86)(H,74,100)(H,75,98)(H,76,104)(H,77,95)(H,78,101)(H,79,99)(H,80,97)(H,81,96)(H,82,102)(H,83,103)(H,87,88)(H,89,90)(H,91,92)(H,93,94)(H,105,106)/t32-,38+,41+,42+,43+,44+,45+,46+,47+,48+,49+,56+/m1/s1. The molecule has 0 saturated carbocycles. The molecule has 572 valence electrons. The summed E-state index contributed by atoms with van der Waals surface area (Å²) < 4.78 is 0. The number of carboxylic acid groups (broad SMARTS) is 5. The number of hydrogen-bond donors (Lipinski definition) is 22. The quantitative estimate of drug-likeness (QED) is 0.0162. The minimum Gasteiger partial charge on any atom is -0.481 e. The Bertz CT molecular complexity index is 4030. The molecular formula is C67H86N16O23. The van der Waals surface area contributed by atoms with Crippen LogP contribution in [-0.4, -0.2) is 220 Å². The van der Waals surface area contributed by atoms with Gasteiger partial charge in [-0.05, 0) is 80.8 Å². The second-order valence-corrected chi connectivity index (χ2v) is 24.7. The lowest BCUT2D eigenvalue weighted by Gasteiger charge is -2.28. The zero-order valence-corrected chi connectivity index (χ0v) is 57.1. The summed E-state index contributed by atoms with van der Waals surface area (Å²) >= 11 is 0. The van der Waals surface area contributed by atoms with Crippen molar-refractivity contribution in [3.05, 3.63) is 108 Å². The fourth-order valence-electron chi connectivity index (χ4n) is 10.9. The first-order valence-corrected chi connectivity index (χ1v) is 33.1. The van der Waals surface area contributed by atoms with Crippen molar-refractivity contribution in [2.75, 3.05) is 6.54 Å². The van der Waals surface area contributed by atoms with E-state index >= 15 is 0 Å². The summed E-state index contributed by atoms with van der Waals surface area (Å²) in [6.07, 6.45) is -7.30. The molecule has 0 fully saturated rings. The van der Waals surface area contributed by atoms with Gasteiger partial charge in [0.05, 0.1) is 37.8 Å². The fraction of sp³-hybridized carbons (Fsp3) is 0.418. The van der Waals surface area contributed by atoms with Crippen LogP contribution in [0.25, 0.3) is 21.8 Å². The second kappa shape index (κ2) is 41.0. The van der Waals surface area contributed by atoms with Crippen molar-refractivity contribution >= 4 is 123 Å². The van der Waals surface area contributed by atoms with Gasteiger partial charge >= 0.3 is 29.8 Å². The van der Waals surface area contributed by atoms with Gasteiger partial charge in [0.2, 0.25) is 70.9 Å². The summed E-state index contributed by atoms with van der Waals surface area (Å²) in [5.41, 5.74) is 24.7. The molecule has 0 radical (unpaired) electrons. The van der Waals surface area contributed by atoms with Crippen LogP contribution in [0.1, 0.15) is 94.2 Å². The Balaban J connectivity index is 1.44. The number of para-hydroxylation sites is 2. The van der Waals surface area contributed by atoms with Crippen molar-refractivity contribution in [2.45, 2.75) is 169 Å². The average molecular weight is 1480 g/mol. The van der Waals surface area contributed by atoms with Crippen molar-refractivity contribution in [3.63, 3.8) is 0 Å². The lowest BCUT2D eigenvalue weighted by Crippen LogP contribution is -2.62. The Morgan fingerprint density at radius 2 is 0.755 bits per heavy atom. The Morgan fingerprint density at radius 1 is 0.387 bits per heavy atom. The van der Waals surface area contributed by atoms with Crippen LogP contribution in [0.15, 0.2) is 91.3 Å². The smallest absolute Gasteiger partial charge is 0.326 e. The summed E-state index contributed by atoms with van der Waals surface area (Å²) in [5.74, 6) is -23.9. The molecule has 12 atom stereocenters. The van der Waals surface area contributed by atoms with Crippen LogP contribution in [0.3, 0.4) is 0 Å². The lowest BCUT2D eigenvalue weighted by atomic mass is 10.0. The number of aliphatic hydroxyl groups is 1. The van der Waals surface area contributed by atoms with E-state index in [-0.39, 0.29) is 31.4 Å². The molecule has 0 saturated heterocycles. The predicted molar refractivity (Wildman–Crippen MR) is 370 cm³/mol. The van der Waals surface area contributed by atoms with Crippen molar-refractivity contribution in [2.24, 2.45) is 22.9 Å². The Kier molecular flexibility index (Phi) is 32.6. The molecule has 5 aromatic rings. The number of carbonyl (C=O) groups is 17.